The molecule has 1 saturated carbocycles. The van der Waals surface area contributed by atoms with Crippen LogP contribution < -0.4 is 5.32 Å². The molecule has 0 bridgehead atoms. The monoisotopic (exact) mass is 254 g/mol. The van der Waals surface area contributed by atoms with Crippen LogP contribution in [0.25, 0.3) is 0 Å². The molecule has 7 heteroatoms. The molecule has 1 aliphatic rings. The summed E-state index contributed by atoms with van der Waals surface area (Å²) in [4.78, 5) is 10.8. The zero-order valence-electron chi connectivity index (χ0n) is 10.6. The number of hydrogen-bond acceptors (Lipinski definition) is 5. The van der Waals surface area contributed by atoms with Crippen LogP contribution in [0.1, 0.15) is 31.9 Å². The van der Waals surface area contributed by atoms with Crippen LogP contribution >= 0.6 is 0 Å². The summed E-state index contributed by atoms with van der Waals surface area (Å²) >= 11 is 0. The number of rotatable bonds is 6. The third-order valence-corrected chi connectivity index (χ3v) is 3.30. The highest BCUT2D eigenvalue weighted by Gasteiger charge is 2.44. The molecule has 1 aliphatic carbocycles. The van der Waals surface area contributed by atoms with E-state index in [4.69, 9.17) is 0 Å². The van der Waals surface area contributed by atoms with Crippen molar-refractivity contribution in [3.05, 3.63) is 15.8 Å². The number of nitro groups is 1. The summed E-state index contributed by atoms with van der Waals surface area (Å²) in [6, 6.07) is 0. The Morgan fingerprint density at radius 1 is 1.61 bits per heavy atom. The van der Waals surface area contributed by atoms with E-state index in [-0.39, 0.29) is 17.8 Å². The highest BCUT2D eigenvalue weighted by molar-refractivity contribution is 5.62. The van der Waals surface area contributed by atoms with E-state index in [1.54, 1.807) is 7.05 Å². The normalized spacial score (nSPS) is 16.6. The Balaban J connectivity index is 2.36. The van der Waals surface area contributed by atoms with Gasteiger partial charge in [0, 0.05) is 7.05 Å². The lowest BCUT2D eigenvalue weighted by molar-refractivity contribution is -0.384. The minimum absolute atomic E-state index is 0.0154. The number of aryl methyl sites for hydroxylation is 2. The zero-order valence-corrected chi connectivity index (χ0v) is 10.6. The zero-order chi connectivity index (χ0) is 13.3. The van der Waals surface area contributed by atoms with Crippen molar-refractivity contribution >= 4 is 11.5 Å². The molecule has 7 nitrogen and oxygen atoms in total. The van der Waals surface area contributed by atoms with Gasteiger partial charge in [0.1, 0.15) is 5.69 Å². The molecule has 1 aromatic heterocycles. The first-order valence-corrected chi connectivity index (χ1v) is 6.12. The van der Waals surface area contributed by atoms with Gasteiger partial charge in [-0.05, 0) is 19.3 Å². The highest BCUT2D eigenvalue weighted by Crippen LogP contribution is 2.41. The number of aromatic nitrogens is 2. The minimum Gasteiger partial charge on any atom is -0.394 e. The van der Waals surface area contributed by atoms with Gasteiger partial charge in [0.15, 0.2) is 0 Å². The van der Waals surface area contributed by atoms with Gasteiger partial charge in [0.25, 0.3) is 0 Å². The van der Waals surface area contributed by atoms with Crippen molar-refractivity contribution in [2.24, 2.45) is 7.05 Å². The maximum Gasteiger partial charge on any atom is 0.334 e. The molecule has 0 spiro atoms. The van der Waals surface area contributed by atoms with Crippen molar-refractivity contribution in [3.63, 3.8) is 0 Å². The molecule has 1 fully saturated rings. The predicted molar refractivity (Wildman–Crippen MR) is 66.5 cm³/mol. The molecule has 0 atom stereocenters. The number of anilines is 1. The first-order valence-electron chi connectivity index (χ1n) is 6.12. The SMILES string of the molecule is CCCc1nn(C)c(NC2(CO)CC2)c1[N+](=O)[O-]. The van der Waals surface area contributed by atoms with Crippen molar-refractivity contribution < 1.29 is 10.0 Å². The van der Waals surface area contributed by atoms with Crippen molar-refractivity contribution in [3.8, 4) is 0 Å². The summed E-state index contributed by atoms with van der Waals surface area (Å²) in [6.45, 7) is 1.94. The van der Waals surface area contributed by atoms with Gasteiger partial charge >= 0.3 is 5.69 Å². The standard InChI is InChI=1S/C11H18N4O3/c1-3-4-8-9(15(17)18)10(14(2)13-8)12-11(7-16)5-6-11/h12,16H,3-7H2,1-2H3. The lowest BCUT2D eigenvalue weighted by Gasteiger charge is -2.14. The van der Waals surface area contributed by atoms with Crippen molar-refractivity contribution in [1.82, 2.24) is 9.78 Å². The molecule has 18 heavy (non-hydrogen) atoms. The third-order valence-electron chi connectivity index (χ3n) is 3.30. The van der Waals surface area contributed by atoms with Gasteiger partial charge in [-0.1, -0.05) is 13.3 Å². The topological polar surface area (TPSA) is 93.2 Å². The maximum atomic E-state index is 11.2. The van der Waals surface area contributed by atoms with E-state index >= 15 is 0 Å². The van der Waals surface area contributed by atoms with Crippen LogP contribution in [0.15, 0.2) is 0 Å². The van der Waals surface area contributed by atoms with Crippen LogP contribution in [0.5, 0.6) is 0 Å². The largest absolute Gasteiger partial charge is 0.394 e. The number of aliphatic hydroxyl groups excluding tert-OH is 1. The molecule has 0 radical (unpaired) electrons. The van der Waals surface area contributed by atoms with Crippen molar-refractivity contribution in [2.75, 3.05) is 11.9 Å². The molecular weight excluding hydrogens is 236 g/mol. The van der Waals surface area contributed by atoms with Gasteiger partial charge in [-0.3, -0.25) is 10.1 Å². The van der Waals surface area contributed by atoms with Crippen LogP contribution in [0.3, 0.4) is 0 Å². The Morgan fingerprint density at radius 3 is 2.72 bits per heavy atom. The number of hydrogen-bond donors (Lipinski definition) is 2. The first kappa shape index (κ1) is 12.8. The van der Waals surface area contributed by atoms with E-state index in [0.29, 0.717) is 17.9 Å². The smallest absolute Gasteiger partial charge is 0.334 e. The molecule has 0 unspecified atom stereocenters. The van der Waals surface area contributed by atoms with E-state index in [0.717, 1.165) is 19.3 Å². The van der Waals surface area contributed by atoms with Crippen LogP contribution in [0.4, 0.5) is 11.5 Å². The average Bonchev–Trinajstić information content (AvgIpc) is 3.01. The quantitative estimate of drug-likeness (QED) is 0.588. The Kier molecular flexibility index (Phi) is 3.25. The van der Waals surface area contributed by atoms with E-state index < -0.39 is 4.92 Å². The van der Waals surface area contributed by atoms with Crippen molar-refractivity contribution in [2.45, 2.75) is 38.1 Å². The second-order valence-corrected chi connectivity index (χ2v) is 4.84. The summed E-state index contributed by atoms with van der Waals surface area (Å²) < 4.78 is 1.50. The Morgan fingerprint density at radius 2 is 2.28 bits per heavy atom. The van der Waals surface area contributed by atoms with Crippen LogP contribution in [0.2, 0.25) is 0 Å². The lowest BCUT2D eigenvalue weighted by atomic mass is 10.2. The fourth-order valence-electron chi connectivity index (χ4n) is 2.03. The van der Waals surface area contributed by atoms with Gasteiger partial charge in [0.05, 0.1) is 17.1 Å². The molecule has 1 heterocycles. The molecule has 2 N–H and O–H groups in total. The molecule has 0 aromatic carbocycles. The number of aliphatic hydroxyl groups is 1. The highest BCUT2D eigenvalue weighted by atomic mass is 16.6. The van der Waals surface area contributed by atoms with Crippen molar-refractivity contribution in [1.29, 1.82) is 0 Å². The second-order valence-electron chi connectivity index (χ2n) is 4.84. The van der Waals surface area contributed by atoms with E-state index in [1.165, 1.54) is 4.68 Å². The van der Waals surface area contributed by atoms with Gasteiger partial charge in [0.2, 0.25) is 5.82 Å². The predicted octanol–water partition coefficient (Wildman–Crippen LogP) is 1.22. The van der Waals surface area contributed by atoms with Crippen LogP contribution in [0, 0.1) is 10.1 Å². The summed E-state index contributed by atoms with van der Waals surface area (Å²) in [5.74, 6) is 0.398. The van der Waals surface area contributed by atoms with Crippen LogP contribution in [-0.2, 0) is 13.5 Å². The summed E-state index contributed by atoms with van der Waals surface area (Å²) in [6.07, 6.45) is 3.05. The molecule has 0 amide bonds. The van der Waals surface area contributed by atoms with Gasteiger partial charge in [-0.2, -0.15) is 5.10 Å². The third kappa shape index (κ3) is 2.17. The van der Waals surface area contributed by atoms with Gasteiger partial charge in [-0.25, -0.2) is 4.68 Å². The second kappa shape index (κ2) is 4.56. The van der Waals surface area contributed by atoms with Crippen LogP contribution in [-0.4, -0.2) is 32.0 Å². The van der Waals surface area contributed by atoms with Gasteiger partial charge < -0.3 is 10.4 Å². The molecule has 0 aliphatic heterocycles. The summed E-state index contributed by atoms with van der Waals surface area (Å²) in [5.41, 5.74) is 0.155. The van der Waals surface area contributed by atoms with E-state index in [9.17, 15) is 15.2 Å². The Bertz CT molecular complexity index is 465. The average molecular weight is 254 g/mol. The molecule has 2 rings (SSSR count). The molecule has 100 valence electrons. The Labute approximate surface area is 105 Å². The number of nitrogens with one attached hydrogen (secondary N) is 1. The fourth-order valence-corrected chi connectivity index (χ4v) is 2.03. The fraction of sp³-hybridized carbons (Fsp3) is 0.727. The number of nitrogens with zero attached hydrogens (tertiary/aromatic N) is 3. The summed E-state index contributed by atoms with van der Waals surface area (Å²) in [7, 11) is 1.68. The maximum absolute atomic E-state index is 11.2. The van der Waals surface area contributed by atoms with E-state index in [1.807, 2.05) is 6.92 Å². The lowest BCUT2D eigenvalue weighted by Crippen LogP contribution is -2.27. The first-order chi connectivity index (χ1) is 8.53. The molecule has 0 saturated heterocycles. The van der Waals surface area contributed by atoms with E-state index in [2.05, 4.69) is 10.4 Å². The summed E-state index contributed by atoms with van der Waals surface area (Å²) in [5, 5.41) is 27.7. The molecule has 1 aromatic rings. The Hall–Kier alpha value is -1.63. The molecular formula is C11H18N4O3. The van der Waals surface area contributed by atoms with Gasteiger partial charge in [-0.15, -0.1) is 0 Å². The minimum atomic E-state index is -0.395.